The van der Waals surface area contributed by atoms with Crippen LogP contribution in [0.2, 0.25) is 0 Å². The Balaban J connectivity index is 0.00000145. The van der Waals surface area contributed by atoms with Crippen molar-refractivity contribution in [3.63, 3.8) is 0 Å². The molecular formula is C22H30FN5O. The Morgan fingerprint density at radius 1 is 1.34 bits per heavy atom. The van der Waals surface area contributed by atoms with Crippen LogP contribution in [0, 0.1) is 5.82 Å². The quantitative estimate of drug-likeness (QED) is 0.819. The Morgan fingerprint density at radius 3 is 2.69 bits per heavy atom. The van der Waals surface area contributed by atoms with E-state index >= 15 is 0 Å². The zero-order valence-corrected chi connectivity index (χ0v) is 17.8. The fourth-order valence-corrected chi connectivity index (χ4v) is 3.03. The second-order valence-electron chi connectivity index (χ2n) is 6.64. The number of nitrogens with two attached hydrogens (primary N) is 1. The smallest absolute Gasteiger partial charge is 0.254 e. The third kappa shape index (κ3) is 5.12. The fraction of sp³-hybridized carbons (Fsp3) is 0.364. The lowest BCUT2D eigenvalue weighted by Gasteiger charge is -2.21. The molecule has 0 saturated heterocycles. The van der Waals surface area contributed by atoms with Crippen LogP contribution in [0.5, 0.6) is 0 Å². The van der Waals surface area contributed by atoms with Gasteiger partial charge in [-0.25, -0.2) is 4.39 Å². The maximum atomic E-state index is 14.1. The third-order valence-corrected chi connectivity index (χ3v) is 4.68. The molecule has 1 amide bonds. The number of benzene rings is 1. The highest BCUT2D eigenvalue weighted by molar-refractivity contribution is 5.94. The van der Waals surface area contributed by atoms with Gasteiger partial charge in [-0.15, -0.1) is 0 Å². The van der Waals surface area contributed by atoms with Crippen molar-refractivity contribution in [2.75, 3.05) is 11.9 Å². The molecule has 1 aromatic heterocycles. The molecule has 2 aromatic rings. The number of aryl methyl sites for hydroxylation is 1. The van der Waals surface area contributed by atoms with E-state index in [4.69, 9.17) is 5.73 Å². The Bertz CT molecular complexity index is 929. The van der Waals surface area contributed by atoms with Crippen LogP contribution in [-0.4, -0.2) is 27.1 Å². The van der Waals surface area contributed by atoms with Crippen LogP contribution in [0.3, 0.4) is 0 Å². The molecule has 0 spiro atoms. The minimum absolute atomic E-state index is 0.0997. The van der Waals surface area contributed by atoms with E-state index in [-0.39, 0.29) is 12.5 Å². The number of aromatic nitrogens is 2. The molecule has 1 aliphatic rings. The SMILES string of the molecule is C/C=C(C)\C=C1/CN(C(=O)c2ccc(CN)c(F)c2)Cc2cnn(C)c2N1.CC. The van der Waals surface area contributed by atoms with Crippen molar-refractivity contribution in [1.29, 1.82) is 0 Å². The highest BCUT2D eigenvalue weighted by Crippen LogP contribution is 2.25. The summed E-state index contributed by atoms with van der Waals surface area (Å²) in [7, 11) is 1.85. The summed E-state index contributed by atoms with van der Waals surface area (Å²) in [6, 6.07) is 4.44. The molecule has 6 nitrogen and oxygen atoms in total. The largest absolute Gasteiger partial charge is 0.342 e. The van der Waals surface area contributed by atoms with Gasteiger partial charge in [0.15, 0.2) is 0 Å². The van der Waals surface area contributed by atoms with Gasteiger partial charge in [-0.2, -0.15) is 5.10 Å². The molecule has 3 rings (SSSR count). The van der Waals surface area contributed by atoms with E-state index in [1.165, 1.54) is 6.07 Å². The first-order chi connectivity index (χ1) is 13.9. The van der Waals surface area contributed by atoms with Crippen LogP contribution in [-0.2, 0) is 20.1 Å². The van der Waals surface area contributed by atoms with Gasteiger partial charge in [0, 0.05) is 36.0 Å². The number of anilines is 1. The van der Waals surface area contributed by atoms with Crippen LogP contribution in [0.25, 0.3) is 0 Å². The van der Waals surface area contributed by atoms with Gasteiger partial charge in [-0.3, -0.25) is 9.48 Å². The van der Waals surface area contributed by atoms with Gasteiger partial charge < -0.3 is 16.0 Å². The summed E-state index contributed by atoms with van der Waals surface area (Å²) >= 11 is 0. The minimum atomic E-state index is -0.459. The van der Waals surface area contributed by atoms with Gasteiger partial charge in [0.05, 0.1) is 19.3 Å². The molecule has 0 fully saturated rings. The molecule has 2 heterocycles. The standard InChI is InChI=1S/C20H24FN5O.C2H6/c1-4-13(2)7-17-12-26(11-16-10-23-25(3)19(16)24-17)20(27)14-5-6-15(9-22)18(21)8-14;1-2/h4-8,10,24H,9,11-12,22H2,1-3H3;1-2H3/b13-4-,17-7+;. The summed E-state index contributed by atoms with van der Waals surface area (Å²) in [5, 5.41) is 7.65. The van der Waals surface area contributed by atoms with Gasteiger partial charge in [-0.1, -0.05) is 31.6 Å². The summed E-state index contributed by atoms with van der Waals surface area (Å²) in [5.41, 5.74) is 9.07. The summed E-state index contributed by atoms with van der Waals surface area (Å²) in [4.78, 5) is 14.7. The molecule has 0 radical (unpaired) electrons. The summed E-state index contributed by atoms with van der Waals surface area (Å²) in [6.07, 6.45) is 5.74. The fourth-order valence-electron chi connectivity index (χ4n) is 3.03. The zero-order valence-electron chi connectivity index (χ0n) is 17.8. The van der Waals surface area contributed by atoms with Gasteiger partial charge >= 0.3 is 0 Å². The summed E-state index contributed by atoms with van der Waals surface area (Å²) < 4.78 is 15.8. The topological polar surface area (TPSA) is 76.2 Å². The Hall–Kier alpha value is -2.93. The van der Waals surface area contributed by atoms with Crippen LogP contribution < -0.4 is 11.1 Å². The lowest BCUT2D eigenvalue weighted by molar-refractivity contribution is 0.0760. The second-order valence-corrected chi connectivity index (χ2v) is 6.64. The molecule has 0 saturated carbocycles. The van der Waals surface area contributed by atoms with E-state index in [0.29, 0.717) is 24.2 Å². The molecule has 156 valence electrons. The van der Waals surface area contributed by atoms with E-state index < -0.39 is 5.82 Å². The van der Waals surface area contributed by atoms with Crippen LogP contribution in [0.1, 0.15) is 49.2 Å². The maximum absolute atomic E-state index is 14.1. The monoisotopic (exact) mass is 399 g/mol. The lowest BCUT2D eigenvalue weighted by Crippen LogP contribution is -2.32. The number of fused-ring (bicyclic) bond motifs is 1. The first-order valence-corrected chi connectivity index (χ1v) is 9.82. The molecule has 3 N–H and O–H groups in total. The number of carbonyl (C=O) groups excluding carboxylic acids is 1. The molecule has 0 unspecified atom stereocenters. The predicted octanol–water partition coefficient (Wildman–Crippen LogP) is 3.96. The number of hydrogen-bond acceptors (Lipinski definition) is 4. The normalized spacial score (nSPS) is 15.2. The summed E-state index contributed by atoms with van der Waals surface area (Å²) in [5.74, 6) is 0.156. The van der Waals surface area contributed by atoms with Crippen molar-refractivity contribution in [1.82, 2.24) is 14.7 Å². The molecule has 1 aromatic carbocycles. The summed E-state index contributed by atoms with van der Waals surface area (Å²) in [6.45, 7) is 8.84. The molecule has 0 atom stereocenters. The first-order valence-electron chi connectivity index (χ1n) is 9.82. The number of rotatable bonds is 3. The average molecular weight is 400 g/mol. The highest BCUT2D eigenvalue weighted by atomic mass is 19.1. The molecule has 0 aliphatic carbocycles. The van der Waals surface area contributed by atoms with Crippen molar-refractivity contribution in [2.24, 2.45) is 12.8 Å². The highest BCUT2D eigenvalue weighted by Gasteiger charge is 2.25. The van der Waals surface area contributed by atoms with E-state index in [0.717, 1.165) is 22.7 Å². The Kier molecular flexibility index (Phi) is 7.73. The molecular weight excluding hydrogens is 369 g/mol. The number of nitrogens with zero attached hydrogens (tertiary/aromatic N) is 3. The Morgan fingerprint density at radius 2 is 2.07 bits per heavy atom. The minimum Gasteiger partial charge on any atom is -0.342 e. The molecule has 7 heteroatoms. The lowest BCUT2D eigenvalue weighted by atomic mass is 10.1. The first kappa shape index (κ1) is 22.4. The van der Waals surface area contributed by atoms with Gasteiger partial charge in [0.1, 0.15) is 11.6 Å². The van der Waals surface area contributed by atoms with Crippen molar-refractivity contribution in [3.05, 3.63) is 70.3 Å². The van der Waals surface area contributed by atoms with Crippen molar-refractivity contribution < 1.29 is 9.18 Å². The van der Waals surface area contributed by atoms with Crippen LogP contribution in [0.4, 0.5) is 10.2 Å². The van der Waals surface area contributed by atoms with E-state index in [1.807, 2.05) is 46.9 Å². The van der Waals surface area contributed by atoms with Crippen molar-refractivity contribution in [3.8, 4) is 0 Å². The third-order valence-electron chi connectivity index (χ3n) is 4.68. The van der Waals surface area contributed by atoms with E-state index in [2.05, 4.69) is 10.4 Å². The number of halogens is 1. The zero-order chi connectivity index (χ0) is 21.6. The van der Waals surface area contributed by atoms with Crippen LogP contribution in [0.15, 0.2) is 47.8 Å². The maximum Gasteiger partial charge on any atom is 0.254 e. The number of carbonyl (C=O) groups is 1. The average Bonchev–Trinajstić information content (AvgIpc) is 2.96. The number of nitrogens with one attached hydrogen (secondary N) is 1. The number of allylic oxidation sites excluding steroid dienone is 3. The van der Waals surface area contributed by atoms with Crippen LogP contribution >= 0.6 is 0 Å². The number of amides is 1. The van der Waals surface area contributed by atoms with Crippen molar-refractivity contribution >= 4 is 11.7 Å². The molecule has 0 bridgehead atoms. The van der Waals surface area contributed by atoms with Gasteiger partial charge in [-0.05, 0) is 32.1 Å². The molecule has 1 aliphatic heterocycles. The van der Waals surface area contributed by atoms with E-state index in [1.54, 1.807) is 27.9 Å². The van der Waals surface area contributed by atoms with Crippen molar-refractivity contribution in [2.45, 2.75) is 40.8 Å². The van der Waals surface area contributed by atoms with E-state index in [9.17, 15) is 9.18 Å². The number of hydrogen-bond donors (Lipinski definition) is 2. The Labute approximate surface area is 171 Å². The second kappa shape index (κ2) is 10.0. The predicted molar refractivity (Wildman–Crippen MR) is 115 cm³/mol. The van der Waals surface area contributed by atoms with Gasteiger partial charge in [0.2, 0.25) is 0 Å². The van der Waals surface area contributed by atoms with Gasteiger partial charge in [0.25, 0.3) is 5.91 Å². The molecule has 29 heavy (non-hydrogen) atoms.